The molecule has 3 heteroatoms. The van der Waals surface area contributed by atoms with E-state index in [1.54, 1.807) is 0 Å². The van der Waals surface area contributed by atoms with Crippen molar-refractivity contribution in [3.63, 3.8) is 0 Å². The van der Waals surface area contributed by atoms with Gasteiger partial charge in [-0.05, 0) is 300 Å². The topological polar surface area (TPSA) is 9.72 Å². The molecule has 0 bridgehead atoms. The summed E-state index contributed by atoms with van der Waals surface area (Å²) >= 11 is 0. The molecule has 0 radical (unpaired) electrons. The number of fused-ring (bicyclic) bond motifs is 6. The molecule has 19 aromatic carbocycles. The minimum absolute atomic E-state index is 1.09. The summed E-state index contributed by atoms with van der Waals surface area (Å²) in [5.74, 6) is 0. The Hall–Kier alpha value is -13.9. The normalized spacial score (nSPS) is 11.5. The summed E-state index contributed by atoms with van der Waals surface area (Å²) in [7, 11) is 0. The molecule has 0 aliphatic rings. The van der Waals surface area contributed by atoms with Gasteiger partial charge in [-0.15, -0.1) is 0 Å². The molecule has 19 rings (SSSR count). The Bertz CT molecular complexity index is 5770. The lowest BCUT2D eigenvalue weighted by atomic mass is 9.81. The number of rotatable bonds is 15. The summed E-state index contributed by atoms with van der Waals surface area (Å²) in [5.41, 5.74) is 31.5. The molecule has 3 nitrogen and oxygen atoms in total. The molecule has 0 fully saturated rings. The number of hydrogen-bond acceptors (Lipinski definition) is 3. The Morgan fingerprint density at radius 3 is 0.378 bits per heavy atom. The fourth-order valence-corrected chi connectivity index (χ4v) is 17.1. The van der Waals surface area contributed by atoms with Gasteiger partial charge in [0, 0.05) is 51.2 Å². The van der Waals surface area contributed by atoms with Gasteiger partial charge in [0.15, 0.2) is 0 Å². The quantitative estimate of drug-likeness (QED) is 0.0947. The van der Waals surface area contributed by atoms with Crippen molar-refractivity contribution >= 4 is 116 Å². The minimum atomic E-state index is 1.09. The minimum Gasteiger partial charge on any atom is -0.311 e. The van der Waals surface area contributed by atoms with Crippen LogP contribution in [0, 0.1) is 41.5 Å². The third-order valence-electron chi connectivity index (χ3n) is 22.6. The first-order valence-corrected chi connectivity index (χ1v) is 38.6. The zero-order chi connectivity index (χ0) is 74.8. The van der Waals surface area contributed by atoms with E-state index in [4.69, 9.17) is 0 Å². The summed E-state index contributed by atoms with van der Waals surface area (Å²) in [6.45, 7) is 12.9. The first kappa shape index (κ1) is 67.7. The van der Waals surface area contributed by atoms with Crippen LogP contribution in [-0.2, 0) is 0 Å². The van der Waals surface area contributed by atoms with Crippen LogP contribution < -0.4 is 14.7 Å². The maximum atomic E-state index is 2.52. The fourth-order valence-electron chi connectivity index (χ4n) is 17.1. The smallest absolute Gasteiger partial charge is 0.0462 e. The predicted octanol–water partition coefficient (Wildman–Crippen LogP) is 30.9. The van der Waals surface area contributed by atoms with Crippen LogP contribution >= 0.6 is 0 Å². The zero-order valence-corrected chi connectivity index (χ0v) is 63.2. The Labute approximate surface area is 650 Å². The van der Waals surface area contributed by atoms with E-state index in [1.807, 2.05) is 0 Å². The van der Waals surface area contributed by atoms with Crippen molar-refractivity contribution in [1.82, 2.24) is 0 Å². The molecule has 19 aromatic rings. The highest BCUT2D eigenvalue weighted by Gasteiger charge is 2.26. The Kier molecular flexibility index (Phi) is 17.3. The maximum absolute atomic E-state index is 2.52. The van der Waals surface area contributed by atoms with Crippen molar-refractivity contribution in [2.75, 3.05) is 14.7 Å². The van der Waals surface area contributed by atoms with E-state index in [-0.39, 0.29) is 0 Å². The first-order chi connectivity index (χ1) is 54.5. The van der Waals surface area contributed by atoms with Crippen molar-refractivity contribution in [2.24, 2.45) is 0 Å². The highest BCUT2D eigenvalue weighted by Crippen LogP contribution is 2.53. The monoisotopic (exact) mass is 1420 g/mol. The van der Waals surface area contributed by atoms with Crippen LogP contribution in [0.15, 0.2) is 382 Å². The van der Waals surface area contributed by atoms with Gasteiger partial charge < -0.3 is 14.7 Å². The van der Waals surface area contributed by atoms with E-state index >= 15 is 0 Å². The molecule has 0 N–H and O–H groups in total. The Balaban J connectivity index is 0.827. The van der Waals surface area contributed by atoms with Crippen LogP contribution in [0.4, 0.5) is 51.2 Å². The summed E-state index contributed by atoms with van der Waals surface area (Å²) in [6.07, 6.45) is 0. The molecular weight excluding hydrogens is 1340 g/mol. The van der Waals surface area contributed by atoms with Gasteiger partial charge in [0.25, 0.3) is 0 Å². The second-order valence-corrected chi connectivity index (χ2v) is 30.0. The highest BCUT2D eigenvalue weighted by atomic mass is 15.2. The van der Waals surface area contributed by atoms with Crippen molar-refractivity contribution in [2.45, 2.75) is 41.5 Å². The molecule has 0 aliphatic heterocycles. The third kappa shape index (κ3) is 12.4. The summed E-state index contributed by atoms with van der Waals surface area (Å²) in [5, 5.41) is 14.3. The van der Waals surface area contributed by atoms with E-state index in [1.165, 1.54) is 131 Å². The number of hydrogen-bond donors (Lipinski definition) is 0. The Morgan fingerprint density at radius 2 is 0.243 bits per heavy atom. The fraction of sp³-hybridized carbons (Fsp3) is 0.0556. The van der Waals surface area contributed by atoms with E-state index < -0.39 is 0 Å². The third-order valence-corrected chi connectivity index (χ3v) is 22.6. The lowest BCUT2D eigenvalue weighted by Gasteiger charge is -2.26. The summed E-state index contributed by atoms with van der Waals surface area (Å²) in [6, 6.07) is 143. The lowest BCUT2D eigenvalue weighted by molar-refractivity contribution is 1.27. The first-order valence-electron chi connectivity index (χ1n) is 38.6. The van der Waals surface area contributed by atoms with E-state index in [0.29, 0.717) is 0 Å². The molecule has 0 unspecified atom stereocenters. The van der Waals surface area contributed by atoms with Gasteiger partial charge in [-0.1, -0.05) is 288 Å². The van der Waals surface area contributed by atoms with Crippen molar-refractivity contribution in [1.29, 1.82) is 0 Å². The molecule has 0 saturated heterocycles. The van der Waals surface area contributed by atoms with Crippen molar-refractivity contribution in [3.8, 4) is 66.8 Å². The van der Waals surface area contributed by atoms with Crippen LogP contribution in [-0.4, -0.2) is 0 Å². The molecule has 0 heterocycles. The van der Waals surface area contributed by atoms with Gasteiger partial charge in [-0.3, -0.25) is 0 Å². The van der Waals surface area contributed by atoms with Crippen LogP contribution in [0.5, 0.6) is 0 Å². The summed E-state index contributed by atoms with van der Waals surface area (Å²) in [4.78, 5) is 7.09. The van der Waals surface area contributed by atoms with Crippen LogP contribution in [0.2, 0.25) is 0 Å². The van der Waals surface area contributed by atoms with E-state index in [9.17, 15) is 0 Å². The molecule has 0 aliphatic carbocycles. The van der Waals surface area contributed by atoms with Crippen LogP contribution in [0.25, 0.3) is 131 Å². The highest BCUT2D eigenvalue weighted by molar-refractivity contribution is 6.26. The average Bonchev–Trinajstić information content (AvgIpc) is 0.721. The number of aryl methyl sites for hydroxylation is 6. The molecule has 0 atom stereocenters. The largest absolute Gasteiger partial charge is 0.311 e. The number of anilines is 9. The van der Waals surface area contributed by atoms with Gasteiger partial charge in [0.05, 0.1) is 0 Å². The number of nitrogens with zero attached hydrogens (tertiary/aromatic N) is 3. The van der Waals surface area contributed by atoms with Crippen LogP contribution in [0.1, 0.15) is 33.4 Å². The van der Waals surface area contributed by atoms with Gasteiger partial charge in [0.2, 0.25) is 0 Å². The van der Waals surface area contributed by atoms with Crippen LogP contribution in [0.3, 0.4) is 0 Å². The number of benzene rings is 19. The van der Waals surface area contributed by atoms with Gasteiger partial charge in [-0.25, -0.2) is 0 Å². The average molecular weight is 1420 g/mol. The van der Waals surface area contributed by atoms with Gasteiger partial charge in [-0.2, -0.15) is 0 Å². The molecule has 0 saturated carbocycles. The van der Waals surface area contributed by atoms with E-state index in [2.05, 4.69) is 438 Å². The molecule has 0 aromatic heterocycles. The maximum Gasteiger partial charge on any atom is 0.0462 e. The second kappa shape index (κ2) is 28.4. The SMILES string of the molecule is Cc1ccc(N(c2ccc(C)cc2)c2ccc(-c3c4ccccc4c(-c4cc(-c5c6ccccc6c(-c6ccc(N(c7ccc(C)cc7)c7ccc(C)cc7)cc6)c6ccccc56)cc(-c5c6ccccc6c(-c6ccc(N(c7ccc(C)cc7)c7ccc(C)cc7)cc6)c6ccccc56)c4)c4ccccc34)cc2)cc1. The standard InChI is InChI=1S/C108H81N3/c1-70-31-49-82(50-32-70)109(83-51-33-71(2)34-52-83)88-61-43-76(44-62-88)103-91-19-7-13-25-97(91)106(98-26-14-8-20-92(98)103)79-67-80(107-99-27-15-9-21-93(99)104(94-22-10-16-28-100(94)107)77-45-63-89(64-46-77)110(84-53-35-72(3)36-54-84)85-55-37-73(4)38-56-85)69-81(68-79)108-101-29-17-11-23-95(101)105(96-24-12-18-30-102(96)108)78-47-65-90(66-48-78)111(86-57-39-74(5)40-58-86)87-59-41-75(6)42-60-87/h7-69H,1-6H3. The zero-order valence-electron chi connectivity index (χ0n) is 63.2. The molecule has 111 heavy (non-hydrogen) atoms. The molecule has 528 valence electrons. The lowest BCUT2D eigenvalue weighted by Crippen LogP contribution is -2.09. The van der Waals surface area contributed by atoms with Gasteiger partial charge in [0.1, 0.15) is 0 Å². The Morgan fingerprint density at radius 1 is 0.126 bits per heavy atom. The van der Waals surface area contributed by atoms with Crippen molar-refractivity contribution in [3.05, 3.63) is 416 Å². The summed E-state index contributed by atoms with van der Waals surface area (Å²) < 4.78 is 0. The molecule has 0 amide bonds. The predicted molar refractivity (Wildman–Crippen MR) is 477 cm³/mol. The molecular formula is C108H81N3. The molecule has 0 spiro atoms. The van der Waals surface area contributed by atoms with Crippen molar-refractivity contribution < 1.29 is 0 Å². The van der Waals surface area contributed by atoms with E-state index in [0.717, 1.165) is 84.6 Å². The second-order valence-electron chi connectivity index (χ2n) is 30.0. The van der Waals surface area contributed by atoms with Gasteiger partial charge >= 0.3 is 0 Å².